The highest BCUT2D eigenvalue weighted by Gasteiger charge is 2.16. The lowest BCUT2D eigenvalue weighted by molar-refractivity contribution is -0.119. The van der Waals surface area contributed by atoms with Gasteiger partial charge in [-0.2, -0.15) is 0 Å². The van der Waals surface area contributed by atoms with Gasteiger partial charge in [0.05, 0.1) is 18.2 Å². The van der Waals surface area contributed by atoms with Crippen LogP contribution in [-0.4, -0.2) is 32.7 Å². The normalized spacial score (nSPS) is 16.9. The second-order valence-corrected chi connectivity index (χ2v) is 5.52. The lowest BCUT2D eigenvalue weighted by Crippen LogP contribution is -2.32. The van der Waals surface area contributed by atoms with Crippen LogP contribution in [0.5, 0.6) is 0 Å². The maximum absolute atomic E-state index is 11.3. The number of likely N-dealkylation sites (N-methyl/N-ethyl adjacent to an activating group) is 1. The average Bonchev–Trinajstić information content (AvgIpc) is 2.96. The summed E-state index contributed by atoms with van der Waals surface area (Å²) in [6, 6.07) is 0. The van der Waals surface area contributed by atoms with E-state index in [2.05, 4.69) is 17.2 Å². The van der Waals surface area contributed by atoms with E-state index >= 15 is 0 Å². The largest absolute Gasteiger partial charge is 0.492 e. The number of rotatable bonds is 9. The molecule has 1 aliphatic carbocycles. The number of hydrogen-bond donors (Lipinski definition) is 2. The first-order chi connectivity index (χ1) is 10.2. The van der Waals surface area contributed by atoms with Gasteiger partial charge >= 0.3 is 0 Å². The van der Waals surface area contributed by atoms with Crippen LogP contribution in [0.2, 0.25) is 0 Å². The van der Waals surface area contributed by atoms with Gasteiger partial charge in [0, 0.05) is 6.54 Å². The van der Waals surface area contributed by atoms with Gasteiger partial charge in [-0.1, -0.05) is 37.1 Å². The van der Waals surface area contributed by atoms with Crippen molar-refractivity contribution in [3.63, 3.8) is 0 Å². The first-order valence-corrected chi connectivity index (χ1v) is 7.78. The molecule has 0 aromatic carbocycles. The number of halogens is 1. The van der Waals surface area contributed by atoms with Gasteiger partial charge in [0.1, 0.15) is 5.76 Å². The van der Waals surface area contributed by atoms with Gasteiger partial charge in [0.25, 0.3) is 0 Å². The lowest BCUT2D eigenvalue weighted by atomic mass is 10.1. The minimum Gasteiger partial charge on any atom is -0.492 e. The number of carbonyl (C=O) groups excluding carboxylic acids is 1. The standard InChI is InChI=1S/C16H25ClN2O2/c1-3-6-15(21-12-13-7-4-5-8-13)14(17)9-10-19-16(20)11-18-2/h3,6,9,13,18H,1,4-5,7-8,10-12H2,2H3,(H,19,20)/b14-9+,15-6+. The molecule has 21 heavy (non-hydrogen) atoms. The van der Waals surface area contributed by atoms with Crippen molar-refractivity contribution < 1.29 is 9.53 Å². The van der Waals surface area contributed by atoms with Crippen molar-refractivity contribution in [1.29, 1.82) is 0 Å². The molecule has 1 aliphatic rings. The zero-order valence-corrected chi connectivity index (χ0v) is 13.4. The van der Waals surface area contributed by atoms with Crippen LogP contribution in [0.15, 0.2) is 35.6 Å². The Kier molecular flexibility index (Phi) is 8.87. The SMILES string of the molecule is C=C/C=C(OCC1CCCC1)\C(Cl)=C/CNC(=O)CNC. The van der Waals surface area contributed by atoms with Crippen molar-refractivity contribution >= 4 is 17.5 Å². The van der Waals surface area contributed by atoms with Crippen LogP contribution in [0.3, 0.4) is 0 Å². The summed E-state index contributed by atoms with van der Waals surface area (Å²) in [5.74, 6) is 1.17. The summed E-state index contributed by atoms with van der Waals surface area (Å²) in [7, 11) is 1.73. The van der Waals surface area contributed by atoms with Crippen LogP contribution >= 0.6 is 11.6 Å². The molecule has 2 N–H and O–H groups in total. The first kappa shape index (κ1) is 17.8. The monoisotopic (exact) mass is 312 g/mol. The van der Waals surface area contributed by atoms with Crippen LogP contribution < -0.4 is 10.6 Å². The molecule has 0 bridgehead atoms. The van der Waals surface area contributed by atoms with Gasteiger partial charge in [-0.25, -0.2) is 0 Å². The van der Waals surface area contributed by atoms with Gasteiger partial charge in [-0.3, -0.25) is 4.79 Å². The van der Waals surface area contributed by atoms with Crippen molar-refractivity contribution in [2.45, 2.75) is 25.7 Å². The van der Waals surface area contributed by atoms with Crippen LogP contribution in [-0.2, 0) is 9.53 Å². The third-order valence-electron chi connectivity index (χ3n) is 3.37. The second kappa shape index (κ2) is 10.5. The van der Waals surface area contributed by atoms with Crippen molar-refractivity contribution in [2.24, 2.45) is 5.92 Å². The third kappa shape index (κ3) is 7.34. The maximum atomic E-state index is 11.3. The molecule has 1 rings (SSSR count). The molecule has 0 heterocycles. The Morgan fingerprint density at radius 3 is 2.76 bits per heavy atom. The Bertz CT molecular complexity index is 399. The van der Waals surface area contributed by atoms with Crippen LogP contribution in [0, 0.1) is 5.92 Å². The first-order valence-electron chi connectivity index (χ1n) is 7.40. The Morgan fingerprint density at radius 2 is 2.14 bits per heavy atom. The molecular weight excluding hydrogens is 288 g/mol. The van der Waals surface area contributed by atoms with Gasteiger partial charge in [0.2, 0.25) is 5.91 Å². The molecule has 0 atom stereocenters. The Hall–Kier alpha value is -1.26. The lowest BCUT2D eigenvalue weighted by Gasteiger charge is -2.13. The second-order valence-electron chi connectivity index (χ2n) is 5.11. The summed E-state index contributed by atoms with van der Waals surface area (Å²) in [5.41, 5.74) is 0. The third-order valence-corrected chi connectivity index (χ3v) is 3.71. The van der Waals surface area contributed by atoms with E-state index < -0.39 is 0 Å². The smallest absolute Gasteiger partial charge is 0.234 e. The van der Waals surface area contributed by atoms with Crippen molar-refractivity contribution in [1.82, 2.24) is 10.6 Å². The Labute approximate surface area is 132 Å². The topological polar surface area (TPSA) is 50.4 Å². The summed E-state index contributed by atoms with van der Waals surface area (Å²) in [6.07, 6.45) is 10.2. The van der Waals surface area contributed by atoms with Crippen molar-refractivity contribution in [3.8, 4) is 0 Å². The zero-order valence-electron chi connectivity index (χ0n) is 12.7. The predicted molar refractivity (Wildman–Crippen MR) is 87.1 cm³/mol. The van der Waals surface area contributed by atoms with E-state index in [-0.39, 0.29) is 5.91 Å². The van der Waals surface area contributed by atoms with E-state index in [4.69, 9.17) is 16.3 Å². The molecule has 0 aromatic heterocycles. The summed E-state index contributed by atoms with van der Waals surface area (Å²) >= 11 is 6.22. The fraction of sp³-hybridized carbons (Fsp3) is 0.562. The number of amides is 1. The summed E-state index contributed by atoms with van der Waals surface area (Å²) < 4.78 is 5.80. The molecule has 118 valence electrons. The van der Waals surface area contributed by atoms with Crippen molar-refractivity contribution in [2.75, 3.05) is 26.7 Å². The molecule has 0 unspecified atom stereocenters. The molecule has 1 fully saturated rings. The minimum absolute atomic E-state index is 0.0701. The van der Waals surface area contributed by atoms with Gasteiger partial charge in [-0.15, -0.1) is 0 Å². The predicted octanol–water partition coefficient (Wildman–Crippen LogP) is 2.72. The van der Waals surface area contributed by atoms with E-state index in [1.54, 1.807) is 25.3 Å². The molecule has 0 saturated heterocycles. The quantitative estimate of drug-likeness (QED) is 0.508. The van der Waals surface area contributed by atoms with E-state index in [0.29, 0.717) is 36.4 Å². The minimum atomic E-state index is -0.0701. The van der Waals surface area contributed by atoms with E-state index in [1.165, 1.54) is 25.7 Å². The summed E-state index contributed by atoms with van der Waals surface area (Å²) in [4.78, 5) is 11.3. The number of hydrogen-bond acceptors (Lipinski definition) is 3. The number of allylic oxidation sites excluding steroid dienone is 3. The molecular formula is C16H25ClN2O2. The molecule has 1 amide bonds. The highest BCUT2D eigenvalue weighted by atomic mass is 35.5. The molecule has 0 aromatic rings. The molecule has 1 saturated carbocycles. The van der Waals surface area contributed by atoms with Gasteiger partial charge in [0.15, 0.2) is 0 Å². The molecule has 0 radical (unpaired) electrons. The highest BCUT2D eigenvalue weighted by Crippen LogP contribution is 2.26. The number of carbonyl (C=O) groups is 1. The van der Waals surface area contributed by atoms with Crippen LogP contribution in [0.1, 0.15) is 25.7 Å². The fourth-order valence-corrected chi connectivity index (χ4v) is 2.46. The Balaban J connectivity index is 2.44. The van der Waals surface area contributed by atoms with E-state index in [0.717, 1.165) is 0 Å². The van der Waals surface area contributed by atoms with Crippen LogP contribution in [0.4, 0.5) is 0 Å². The molecule has 0 aliphatic heterocycles. The van der Waals surface area contributed by atoms with E-state index in [9.17, 15) is 4.79 Å². The van der Waals surface area contributed by atoms with Crippen molar-refractivity contribution in [3.05, 3.63) is 35.6 Å². The van der Waals surface area contributed by atoms with Gasteiger partial charge < -0.3 is 15.4 Å². The molecule has 5 heteroatoms. The van der Waals surface area contributed by atoms with Gasteiger partial charge in [-0.05, 0) is 38.0 Å². The zero-order chi connectivity index (χ0) is 15.5. The average molecular weight is 313 g/mol. The van der Waals surface area contributed by atoms with Crippen LogP contribution in [0.25, 0.3) is 0 Å². The molecule has 4 nitrogen and oxygen atoms in total. The summed E-state index contributed by atoms with van der Waals surface area (Å²) in [6.45, 7) is 5.03. The number of nitrogens with one attached hydrogen (secondary N) is 2. The Morgan fingerprint density at radius 1 is 1.43 bits per heavy atom. The number of ether oxygens (including phenoxy) is 1. The summed E-state index contributed by atoms with van der Waals surface area (Å²) in [5, 5.41) is 6.02. The highest BCUT2D eigenvalue weighted by molar-refractivity contribution is 6.31. The molecule has 0 spiro atoms. The van der Waals surface area contributed by atoms with E-state index in [1.807, 2.05) is 0 Å². The fourth-order valence-electron chi connectivity index (χ4n) is 2.27. The maximum Gasteiger partial charge on any atom is 0.234 e.